The second kappa shape index (κ2) is 7.44. The molecule has 1 rings (SSSR count). The molecule has 0 aromatic rings. The Bertz CT molecular complexity index is 344. The molecule has 1 aliphatic rings. The van der Waals surface area contributed by atoms with Crippen molar-refractivity contribution >= 4 is 12.0 Å². The van der Waals surface area contributed by atoms with Crippen LogP contribution in [0, 0.1) is 0 Å². The van der Waals surface area contributed by atoms with E-state index in [2.05, 4.69) is 24.5 Å². The molecule has 1 fully saturated rings. The van der Waals surface area contributed by atoms with Crippen molar-refractivity contribution in [2.45, 2.75) is 57.2 Å². The molecule has 1 saturated heterocycles. The summed E-state index contributed by atoms with van der Waals surface area (Å²) in [5.41, 5.74) is -0.209. The molecule has 2 amide bonds. The Morgan fingerprint density at radius 1 is 1.40 bits per heavy atom. The third kappa shape index (κ3) is 4.35. The molecule has 0 aliphatic carbocycles. The molecule has 7 nitrogen and oxygen atoms in total. The first-order chi connectivity index (χ1) is 9.46. The summed E-state index contributed by atoms with van der Waals surface area (Å²) < 4.78 is 5.81. The van der Waals surface area contributed by atoms with Gasteiger partial charge in [0, 0.05) is 12.6 Å². The first-order valence-corrected chi connectivity index (χ1v) is 7.01. The van der Waals surface area contributed by atoms with Crippen LogP contribution in [-0.2, 0) is 9.53 Å². The van der Waals surface area contributed by atoms with Crippen molar-refractivity contribution in [2.75, 3.05) is 13.2 Å². The molecule has 116 valence electrons. The molecule has 0 aromatic carbocycles. The zero-order chi connectivity index (χ0) is 15.2. The third-order valence-corrected chi connectivity index (χ3v) is 3.90. The zero-order valence-electron chi connectivity index (χ0n) is 12.0. The number of urea groups is 1. The fourth-order valence-corrected chi connectivity index (χ4v) is 2.46. The average Bonchev–Trinajstić information content (AvgIpc) is 2.44. The number of aliphatic hydroxyl groups is 1. The number of aliphatic carboxylic acids is 1. The number of carboxylic acids is 1. The Kier molecular flexibility index (Phi) is 6.22. The predicted octanol–water partition coefficient (Wildman–Crippen LogP) is 0.469. The third-order valence-electron chi connectivity index (χ3n) is 3.90. The van der Waals surface area contributed by atoms with Gasteiger partial charge in [0.05, 0.1) is 12.2 Å². The number of hydrogen-bond donors (Lipinski definition) is 4. The molecule has 1 heterocycles. The first kappa shape index (κ1) is 16.7. The van der Waals surface area contributed by atoms with Crippen LogP contribution in [-0.4, -0.2) is 53.1 Å². The van der Waals surface area contributed by atoms with Crippen LogP contribution in [0.1, 0.15) is 39.5 Å². The molecule has 20 heavy (non-hydrogen) atoms. The van der Waals surface area contributed by atoms with Gasteiger partial charge < -0.3 is 25.6 Å². The Morgan fingerprint density at radius 2 is 2.05 bits per heavy atom. The quantitative estimate of drug-likeness (QED) is 0.568. The minimum atomic E-state index is -1.28. The molecule has 4 N–H and O–H groups in total. The fraction of sp³-hybridized carbons (Fsp3) is 0.846. The van der Waals surface area contributed by atoms with Gasteiger partial charge in [-0.1, -0.05) is 13.8 Å². The summed E-state index contributed by atoms with van der Waals surface area (Å²) in [6.07, 6.45) is 3.16. The topological polar surface area (TPSA) is 108 Å². The van der Waals surface area contributed by atoms with Crippen LogP contribution >= 0.6 is 0 Å². The number of rotatable bonds is 6. The maximum absolute atomic E-state index is 11.7. The van der Waals surface area contributed by atoms with E-state index in [0.717, 1.165) is 12.8 Å². The number of ether oxygens (including phenoxy) is 1. The minimum Gasteiger partial charge on any atom is -0.480 e. The number of aliphatic hydroxyl groups excluding tert-OH is 1. The molecule has 7 heteroatoms. The van der Waals surface area contributed by atoms with Crippen LogP contribution in [0.3, 0.4) is 0 Å². The van der Waals surface area contributed by atoms with E-state index in [1.54, 1.807) is 0 Å². The zero-order valence-corrected chi connectivity index (χ0v) is 12.0. The molecule has 1 unspecified atom stereocenters. The van der Waals surface area contributed by atoms with E-state index in [1.165, 1.54) is 0 Å². The van der Waals surface area contributed by atoms with Gasteiger partial charge in [0.25, 0.3) is 0 Å². The van der Waals surface area contributed by atoms with Gasteiger partial charge in [-0.05, 0) is 25.7 Å². The van der Waals surface area contributed by atoms with E-state index in [0.29, 0.717) is 19.4 Å². The molecular weight excluding hydrogens is 264 g/mol. The summed E-state index contributed by atoms with van der Waals surface area (Å²) in [7, 11) is 0. The maximum Gasteiger partial charge on any atom is 0.328 e. The lowest BCUT2D eigenvalue weighted by molar-refractivity contribution is -0.140. The molecule has 1 aliphatic heterocycles. The monoisotopic (exact) mass is 288 g/mol. The highest BCUT2D eigenvalue weighted by molar-refractivity contribution is 5.82. The van der Waals surface area contributed by atoms with E-state index >= 15 is 0 Å². The minimum absolute atomic E-state index is 0.0446. The Balaban J connectivity index is 2.51. The molecule has 2 atom stereocenters. The standard InChI is InChI=1S/C13H24N2O5/c1-3-13(4-2)7-9(5-6-20-13)14-12(19)15-10(8-16)11(17)18/h9-10,16H,3-8H2,1-2H3,(H,17,18)(H2,14,15,19)/t9?,10-/m1/s1. The summed E-state index contributed by atoms with van der Waals surface area (Å²) in [6, 6.07) is -1.90. The number of carbonyl (C=O) groups is 2. The second-order valence-electron chi connectivity index (χ2n) is 5.12. The molecule has 0 saturated carbocycles. The number of hydrogen-bond acceptors (Lipinski definition) is 4. The molecule has 0 radical (unpaired) electrons. The Morgan fingerprint density at radius 3 is 2.55 bits per heavy atom. The highest BCUT2D eigenvalue weighted by Crippen LogP contribution is 2.31. The van der Waals surface area contributed by atoms with E-state index in [9.17, 15) is 9.59 Å². The number of carboxylic acid groups (broad SMARTS) is 1. The van der Waals surface area contributed by atoms with Gasteiger partial charge in [-0.15, -0.1) is 0 Å². The normalized spacial score (nSPS) is 22.9. The van der Waals surface area contributed by atoms with Gasteiger partial charge in [-0.25, -0.2) is 9.59 Å². The van der Waals surface area contributed by atoms with E-state index in [-0.39, 0.29) is 11.6 Å². The van der Waals surface area contributed by atoms with E-state index in [4.69, 9.17) is 14.9 Å². The molecule has 0 aromatic heterocycles. The van der Waals surface area contributed by atoms with Gasteiger partial charge >= 0.3 is 12.0 Å². The summed E-state index contributed by atoms with van der Waals surface area (Å²) in [5.74, 6) is -1.26. The van der Waals surface area contributed by atoms with Crippen LogP contribution in [0.5, 0.6) is 0 Å². The summed E-state index contributed by atoms with van der Waals surface area (Å²) in [5, 5.41) is 22.6. The van der Waals surface area contributed by atoms with Crippen LogP contribution in [0.2, 0.25) is 0 Å². The molecule has 0 bridgehead atoms. The highest BCUT2D eigenvalue weighted by Gasteiger charge is 2.35. The van der Waals surface area contributed by atoms with Crippen LogP contribution in [0.4, 0.5) is 4.79 Å². The van der Waals surface area contributed by atoms with E-state index in [1.807, 2.05) is 0 Å². The van der Waals surface area contributed by atoms with Crippen molar-refractivity contribution in [1.29, 1.82) is 0 Å². The summed E-state index contributed by atoms with van der Waals surface area (Å²) in [4.78, 5) is 22.5. The predicted molar refractivity (Wildman–Crippen MR) is 72.5 cm³/mol. The van der Waals surface area contributed by atoms with Crippen LogP contribution in [0.15, 0.2) is 0 Å². The van der Waals surface area contributed by atoms with Crippen molar-refractivity contribution < 1.29 is 24.5 Å². The smallest absolute Gasteiger partial charge is 0.328 e. The van der Waals surface area contributed by atoms with E-state index < -0.39 is 24.6 Å². The number of amides is 2. The Hall–Kier alpha value is -1.34. The molecular formula is C13H24N2O5. The second-order valence-corrected chi connectivity index (χ2v) is 5.12. The van der Waals surface area contributed by atoms with Gasteiger partial charge in [-0.2, -0.15) is 0 Å². The maximum atomic E-state index is 11.7. The largest absolute Gasteiger partial charge is 0.480 e. The number of nitrogens with one attached hydrogen (secondary N) is 2. The highest BCUT2D eigenvalue weighted by atomic mass is 16.5. The SMILES string of the molecule is CCC1(CC)CC(NC(=O)N[C@H](CO)C(=O)O)CCO1. The van der Waals surface area contributed by atoms with Crippen molar-refractivity contribution in [2.24, 2.45) is 0 Å². The van der Waals surface area contributed by atoms with Gasteiger partial charge in [0.15, 0.2) is 6.04 Å². The average molecular weight is 288 g/mol. The van der Waals surface area contributed by atoms with Crippen LogP contribution in [0.25, 0.3) is 0 Å². The lowest BCUT2D eigenvalue weighted by atomic mass is 9.86. The van der Waals surface area contributed by atoms with Crippen LogP contribution < -0.4 is 10.6 Å². The van der Waals surface area contributed by atoms with Gasteiger partial charge in [-0.3, -0.25) is 0 Å². The summed E-state index contributed by atoms with van der Waals surface area (Å²) in [6.45, 7) is 4.05. The van der Waals surface area contributed by atoms with Gasteiger partial charge in [0.1, 0.15) is 0 Å². The number of carbonyl (C=O) groups excluding carboxylic acids is 1. The van der Waals surface area contributed by atoms with Crippen molar-refractivity contribution in [3.05, 3.63) is 0 Å². The van der Waals surface area contributed by atoms with Crippen molar-refractivity contribution in [3.8, 4) is 0 Å². The lowest BCUT2D eigenvalue weighted by Crippen LogP contribution is -2.54. The van der Waals surface area contributed by atoms with Gasteiger partial charge in [0.2, 0.25) is 0 Å². The summed E-state index contributed by atoms with van der Waals surface area (Å²) >= 11 is 0. The molecule has 0 spiro atoms. The van der Waals surface area contributed by atoms with Crippen molar-refractivity contribution in [3.63, 3.8) is 0 Å². The fourth-order valence-electron chi connectivity index (χ4n) is 2.46. The first-order valence-electron chi connectivity index (χ1n) is 7.01. The lowest BCUT2D eigenvalue weighted by Gasteiger charge is -2.40. The Labute approximate surface area is 118 Å². The van der Waals surface area contributed by atoms with Crippen molar-refractivity contribution in [1.82, 2.24) is 10.6 Å².